The summed E-state index contributed by atoms with van der Waals surface area (Å²) in [5.74, 6) is 0.763. The Morgan fingerprint density at radius 2 is 1.74 bits per heavy atom. The number of sulfonamides is 1. The minimum absolute atomic E-state index is 0.00535. The number of rotatable bonds is 6. The van der Waals surface area contributed by atoms with Crippen molar-refractivity contribution in [2.75, 3.05) is 31.1 Å². The highest BCUT2D eigenvalue weighted by Gasteiger charge is 2.29. The van der Waals surface area contributed by atoms with E-state index in [0.717, 1.165) is 41.8 Å². The predicted molar refractivity (Wildman–Crippen MR) is 121 cm³/mol. The maximum atomic E-state index is 13.0. The summed E-state index contributed by atoms with van der Waals surface area (Å²) in [6.07, 6.45) is 3.86. The highest BCUT2D eigenvalue weighted by atomic mass is 32.2. The number of ether oxygens (including phenoxy) is 1. The topological polar surface area (TPSA) is 66.9 Å². The number of hydrogen-bond donors (Lipinski definition) is 0. The fourth-order valence-corrected chi connectivity index (χ4v) is 5.82. The van der Waals surface area contributed by atoms with Crippen molar-refractivity contribution < 1.29 is 17.9 Å². The van der Waals surface area contributed by atoms with Crippen LogP contribution in [-0.4, -0.2) is 44.9 Å². The van der Waals surface area contributed by atoms with Crippen molar-refractivity contribution in [1.29, 1.82) is 0 Å². The standard InChI is InChI=1S/C24H30N2O4S/c1-18-6-7-21(16-19(18)2)30-15-11-24(27)26-14-10-20-17-22(8-9-23(20)26)31(28,29)25-12-4-3-5-13-25/h6-9,16-17H,3-5,10-15H2,1-2H3. The van der Waals surface area contributed by atoms with E-state index in [-0.39, 0.29) is 12.3 Å². The quantitative estimate of drug-likeness (QED) is 0.682. The molecule has 31 heavy (non-hydrogen) atoms. The van der Waals surface area contributed by atoms with E-state index < -0.39 is 10.0 Å². The van der Waals surface area contributed by atoms with Crippen LogP contribution in [0.4, 0.5) is 5.69 Å². The van der Waals surface area contributed by atoms with Crippen molar-refractivity contribution in [2.24, 2.45) is 0 Å². The number of piperidine rings is 1. The Bertz CT molecular complexity index is 1070. The third-order valence-corrected chi connectivity index (χ3v) is 8.16. The van der Waals surface area contributed by atoms with E-state index in [4.69, 9.17) is 4.74 Å². The van der Waals surface area contributed by atoms with Gasteiger partial charge in [0.05, 0.1) is 17.9 Å². The Labute approximate surface area is 184 Å². The van der Waals surface area contributed by atoms with E-state index in [2.05, 4.69) is 6.92 Å². The van der Waals surface area contributed by atoms with E-state index in [1.54, 1.807) is 27.4 Å². The van der Waals surface area contributed by atoms with Crippen LogP contribution in [0.25, 0.3) is 0 Å². The minimum atomic E-state index is -3.46. The molecule has 4 rings (SSSR count). The van der Waals surface area contributed by atoms with Crippen LogP contribution < -0.4 is 9.64 Å². The fraction of sp³-hybridized carbons (Fsp3) is 0.458. The van der Waals surface area contributed by atoms with Crippen LogP contribution in [0, 0.1) is 13.8 Å². The highest BCUT2D eigenvalue weighted by molar-refractivity contribution is 7.89. The molecule has 0 atom stereocenters. The van der Waals surface area contributed by atoms with Crippen molar-refractivity contribution in [2.45, 2.75) is 50.8 Å². The molecule has 0 aliphatic carbocycles. The van der Waals surface area contributed by atoms with E-state index in [0.29, 0.717) is 37.6 Å². The Morgan fingerprint density at radius 1 is 0.968 bits per heavy atom. The fourth-order valence-electron chi connectivity index (χ4n) is 4.25. The first-order valence-electron chi connectivity index (χ1n) is 11.0. The maximum Gasteiger partial charge on any atom is 0.243 e. The van der Waals surface area contributed by atoms with Gasteiger partial charge in [0.1, 0.15) is 5.75 Å². The maximum absolute atomic E-state index is 13.0. The SMILES string of the molecule is Cc1ccc(OCCC(=O)N2CCc3cc(S(=O)(=O)N4CCCCC4)ccc32)cc1C. The Kier molecular flexibility index (Phi) is 6.34. The molecule has 1 fully saturated rings. The molecule has 0 unspecified atom stereocenters. The van der Waals surface area contributed by atoms with Gasteiger partial charge in [0, 0.05) is 25.3 Å². The normalized spacial score (nSPS) is 16.9. The van der Waals surface area contributed by atoms with Gasteiger partial charge in [-0.1, -0.05) is 12.5 Å². The second-order valence-electron chi connectivity index (χ2n) is 8.40. The molecule has 2 aromatic carbocycles. The average Bonchev–Trinajstić information content (AvgIpc) is 3.20. The van der Waals surface area contributed by atoms with Gasteiger partial charge in [0.15, 0.2) is 0 Å². The largest absolute Gasteiger partial charge is 0.493 e. The predicted octanol–water partition coefficient (Wildman–Crippen LogP) is 3.84. The van der Waals surface area contributed by atoms with Crippen molar-refractivity contribution in [3.63, 3.8) is 0 Å². The lowest BCUT2D eigenvalue weighted by Gasteiger charge is -2.26. The monoisotopic (exact) mass is 442 g/mol. The van der Waals surface area contributed by atoms with Crippen LogP contribution in [0.3, 0.4) is 0 Å². The third-order valence-electron chi connectivity index (χ3n) is 6.26. The van der Waals surface area contributed by atoms with Gasteiger partial charge >= 0.3 is 0 Å². The molecule has 2 aromatic rings. The van der Waals surface area contributed by atoms with Crippen LogP contribution in [0.5, 0.6) is 5.75 Å². The van der Waals surface area contributed by atoms with Crippen LogP contribution >= 0.6 is 0 Å². The molecule has 0 aromatic heterocycles. The zero-order chi connectivity index (χ0) is 22.0. The molecule has 1 saturated heterocycles. The number of anilines is 1. The van der Waals surface area contributed by atoms with Gasteiger partial charge < -0.3 is 9.64 Å². The molecular formula is C24H30N2O4S. The van der Waals surface area contributed by atoms with Gasteiger partial charge in [-0.05, 0) is 80.1 Å². The smallest absolute Gasteiger partial charge is 0.243 e. The molecule has 0 radical (unpaired) electrons. The van der Waals surface area contributed by atoms with Gasteiger partial charge in [-0.15, -0.1) is 0 Å². The second-order valence-corrected chi connectivity index (χ2v) is 10.3. The number of hydrogen-bond acceptors (Lipinski definition) is 4. The van der Waals surface area contributed by atoms with Gasteiger partial charge in [-0.25, -0.2) is 8.42 Å². The molecule has 7 heteroatoms. The first-order chi connectivity index (χ1) is 14.9. The molecule has 166 valence electrons. The van der Waals surface area contributed by atoms with Crippen LogP contribution in [0.15, 0.2) is 41.3 Å². The lowest BCUT2D eigenvalue weighted by atomic mass is 10.1. The van der Waals surface area contributed by atoms with Crippen LogP contribution in [-0.2, 0) is 21.2 Å². The van der Waals surface area contributed by atoms with Crippen LogP contribution in [0.1, 0.15) is 42.4 Å². The Hall–Kier alpha value is -2.38. The molecule has 0 saturated carbocycles. The Balaban J connectivity index is 1.40. The molecule has 0 bridgehead atoms. The summed E-state index contributed by atoms with van der Waals surface area (Å²) in [7, 11) is -3.46. The average molecular weight is 443 g/mol. The number of carbonyl (C=O) groups is 1. The van der Waals surface area contributed by atoms with E-state index in [9.17, 15) is 13.2 Å². The molecule has 0 spiro atoms. The number of nitrogens with zero attached hydrogens (tertiary/aromatic N) is 2. The second kappa shape index (κ2) is 9.01. The summed E-state index contributed by atoms with van der Waals surface area (Å²) in [6.45, 7) is 6.15. The lowest BCUT2D eigenvalue weighted by molar-refractivity contribution is -0.119. The van der Waals surface area contributed by atoms with Crippen LogP contribution in [0.2, 0.25) is 0 Å². The summed E-state index contributed by atoms with van der Waals surface area (Å²) in [4.78, 5) is 14.8. The molecular weight excluding hydrogens is 412 g/mol. The van der Waals surface area contributed by atoms with Gasteiger partial charge in [0.2, 0.25) is 15.9 Å². The van der Waals surface area contributed by atoms with Crippen molar-refractivity contribution in [3.8, 4) is 5.75 Å². The molecule has 0 N–H and O–H groups in total. The highest BCUT2D eigenvalue weighted by Crippen LogP contribution is 2.32. The molecule has 2 aliphatic rings. The van der Waals surface area contributed by atoms with Gasteiger partial charge in [-0.2, -0.15) is 4.31 Å². The van der Waals surface area contributed by atoms with Crippen molar-refractivity contribution in [1.82, 2.24) is 4.31 Å². The first-order valence-corrected chi connectivity index (χ1v) is 12.4. The lowest BCUT2D eigenvalue weighted by Crippen LogP contribution is -2.35. The summed E-state index contributed by atoms with van der Waals surface area (Å²) in [6, 6.07) is 11.1. The summed E-state index contributed by atoms with van der Waals surface area (Å²) in [5.41, 5.74) is 4.10. The number of fused-ring (bicyclic) bond motifs is 1. The summed E-state index contributed by atoms with van der Waals surface area (Å²) >= 11 is 0. The number of benzene rings is 2. The third kappa shape index (κ3) is 4.62. The number of carbonyl (C=O) groups excluding carboxylic acids is 1. The molecule has 1 amide bonds. The number of amides is 1. The van der Waals surface area contributed by atoms with E-state index in [1.165, 1.54) is 5.56 Å². The van der Waals surface area contributed by atoms with Crippen molar-refractivity contribution >= 4 is 21.6 Å². The molecule has 2 heterocycles. The molecule has 2 aliphatic heterocycles. The summed E-state index contributed by atoms with van der Waals surface area (Å²) < 4.78 is 33.2. The zero-order valence-electron chi connectivity index (χ0n) is 18.3. The Morgan fingerprint density at radius 3 is 2.48 bits per heavy atom. The first kappa shape index (κ1) is 21.8. The van der Waals surface area contributed by atoms with E-state index in [1.807, 2.05) is 25.1 Å². The van der Waals surface area contributed by atoms with Crippen molar-refractivity contribution in [3.05, 3.63) is 53.1 Å². The minimum Gasteiger partial charge on any atom is -0.493 e. The number of aryl methyl sites for hydroxylation is 2. The zero-order valence-corrected chi connectivity index (χ0v) is 19.1. The molecule has 6 nitrogen and oxygen atoms in total. The van der Waals surface area contributed by atoms with E-state index >= 15 is 0 Å². The van der Waals surface area contributed by atoms with Gasteiger partial charge in [0.25, 0.3) is 0 Å². The van der Waals surface area contributed by atoms with Gasteiger partial charge in [-0.3, -0.25) is 4.79 Å². The summed E-state index contributed by atoms with van der Waals surface area (Å²) in [5, 5.41) is 0.